The van der Waals surface area contributed by atoms with Gasteiger partial charge in [0.05, 0.1) is 6.04 Å². The predicted molar refractivity (Wildman–Crippen MR) is 62.3 cm³/mol. The van der Waals surface area contributed by atoms with Gasteiger partial charge < -0.3 is 20.3 Å². The number of rotatable bonds is 0. The van der Waals surface area contributed by atoms with E-state index in [-0.39, 0.29) is 0 Å². The quantitative estimate of drug-likeness (QED) is 0.664. The van der Waals surface area contributed by atoms with Crippen LogP contribution in [-0.2, 0) is 9.53 Å². The molecule has 5 nitrogen and oxygen atoms in total. The highest BCUT2D eigenvalue weighted by Gasteiger charge is 2.54. The topological polar surface area (TPSA) is 81.8 Å². The summed E-state index contributed by atoms with van der Waals surface area (Å²) in [7, 11) is 0. The Kier molecular flexibility index (Phi) is 2.23. The Morgan fingerprint density at radius 2 is 2.11 bits per heavy atom. The van der Waals surface area contributed by atoms with E-state index in [2.05, 4.69) is 0 Å². The molecule has 2 heterocycles. The summed E-state index contributed by atoms with van der Waals surface area (Å²) >= 11 is 0. The molecule has 3 atom stereocenters. The van der Waals surface area contributed by atoms with Crippen molar-refractivity contribution in [3.8, 4) is 5.75 Å². The molecule has 1 aromatic rings. The minimum atomic E-state index is -1.73. The first-order valence-corrected chi connectivity index (χ1v) is 5.68. The van der Waals surface area contributed by atoms with E-state index < -0.39 is 23.7 Å². The Labute approximate surface area is 104 Å². The molecule has 3 N–H and O–H groups in total. The summed E-state index contributed by atoms with van der Waals surface area (Å²) in [6, 6.07) is 6.43. The van der Waals surface area contributed by atoms with Gasteiger partial charge in [-0.15, -0.1) is 0 Å². The van der Waals surface area contributed by atoms with Crippen molar-refractivity contribution >= 4 is 5.97 Å². The summed E-state index contributed by atoms with van der Waals surface area (Å²) in [5.41, 5.74) is 6.74. The van der Waals surface area contributed by atoms with Crippen LogP contribution in [0.15, 0.2) is 36.1 Å². The first-order valence-electron chi connectivity index (χ1n) is 5.68. The number of aliphatic hydroxyl groups is 1. The van der Waals surface area contributed by atoms with Crippen LogP contribution in [-0.4, -0.2) is 16.9 Å². The number of para-hydroxylation sites is 1. The molecule has 0 aromatic heterocycles. The minimum absolute atomic E-state index is 0.310. The number of esters is 1. The number of benzene rings is 1. The second kappa shape index (κ2) is 3.57. The van der Waals surface area contributed by atoms with Gasteiger partial charge in [-0.3, -0.25) is 4.79 Å². The zero-order chi connectivity index (χ0) is 12.9. The fourth-order valence-corrected chi connectivity index (χ4v) is 2.50. The van der Waals surface area contributed by atoms with Gasteiger partial charge in [0.25, 0.3) is 0 Å². The third-order valence-electron chi connectivity index (χ3n) is 3.28. The Bertz CT molecular complexity index is 554. The van der Waals surface area contributed by atoms with Crippen molar-refractivity contribution in [3.05, 3.63) is 41.7 Å². The zero-order valence-electron chi connectivity index (χ0n) is 9.79. The number of nitrogens with two attached hydrogens (primary N) is 1. The van der Waals surface area contributed by atoms with E-state index in [1.807, 2.05) is 6.07 Å². The molecule has 2 aliphatic rings. The molecule has 0 saturated heterocycles. The van der Waals surface area contributed by atoms with Crippen molar-refractivity contribution in [1.82, 2.24) is 0 Å². The molecule has 0 bridgehead atoms. The van der Waals surface area contributed by atoms with Crippen molar-refractivity contribution in [1.29, 1.82) is 0 Å². The van der Waals surface area contributed by atoms with Crippen LogP contribution in [0.3, 0.4) is 0 Å². The Morgan fingerprint density at radius 1 is 1.39 bits per heavy atom. The highest BCUT2D eigenvalue weighted by molar-refractivity contribution is 5.78. The largest absolute Gasteiger partial charge is 0.457 e. The third kappa shape index (κ3) is 1.45. The molecule has 2 aliphatic heterocycles. The highest BCUT2D eigenvalue weighted by Crippen LogP contribution is 2.44. The number of ether oxygens (including phenoxy) is 2. The molecular weight excluding hydrogens is 234 g/mol. The molecule has 0 amide bonds. The van der Waals surface area contributed by atoms with E-state index in [0.717, 1.165) is 0 Å². The van der Waals surface area contributed by atoms with E-state index >= 15 is 0 Å². The van der Waals surface area contributed by atoms with E-state index in [1.54, 1.807) is 25.1 Å². The first kappa shape index (κ1) is 11.3. The monoisotopic (exact) mass is 247 g/mol. The van der Waals surface area contributed by atoms with Crippen molar-refractivity contribution in [2.75, 3.05) is 0 Å². The van der Waals surface area contributed by atoms with Crippen LogP contribution in [0.5, 0.6) is 5.75 Å². The summed E-state index contributed by atoms with van der Waals surface area (Å²) < 4.78 is 10.5. The Hall–Kier alpha value is -1.85. The number of cyclic esters (lactones) is 1. The third-order valence-corrected chi connectivity index (χ3v) is 3.28. The molecule has 0 spiro atoms. The second-order valence-corrected chi connectivity index (χ2v) is 4.57. The number of fused-ring (bicyclic) bond motifs is 2. The lowest BCUT2D eigenvalue weighted by molar-refractivity contribution is -0.193. The average molecular weight is 247 g/mol. The molecule has 1 aromatic carbocycles. The molecule has 5 heteroatoms. The molecule has 94 valence electrons. The number of hydrogen-bond acceptors (Lipinski definition) is 5. The van der Waals surface area contributed by atoms with Crippen molar-refractivity contribution in [3.63, 3.8) is 0 Å². The number of carbonyl (C=O) groups is 1. The smallest absolute Gasteiger partial charge is 0.323 e. The maximum atomic E-state index is 11.9. The molecule has 0 saturated carbocycles. The van der Waals surface area contributed by atoms with Gasteiger partial charge in [0.2, 0.25) is 5.79 Å². The lowest BCUT2D eigenvalue weighted by atomic mass is 9.82. The predicted octanol–water partition coefficient (Wildman–Crippen LogP) is 0.844. The Morgan fingerprint density at radius 3 is 2.89 bits per heavy atom. The van der Waals surface area contributed by atoms with Gasteiger partial charge in [-0.25, -0.2) is 0 Å². The molecular formula is C13H13NO4. The maximum Gasteiger partial charge on any atom is 0.323 e. The van der Waals surface area contributed by atoms with Crippen molar-refractivity contribution in [2.24, 2.45) is 11.7 Å². The van der Waals surface area contributed by atoms with Crippen LogP contribution in [0.1, 0.15) is 18.5 Å². The summed E-state index contributed by atoms with van der Waals surface area (Å²) in [5.74, 6) is -2.45. The average Bonchev–Trinajstić information content (AvgIpc) is 2.26. The summed E-state index contributed by atoms with van der Waals surface area (Å²) in [4.78, 5) is 11.9. The number of allylic oxidation sites excluding steroid dienone is 1. The first-order chi connectivity index (χ1) is 8.51. The van der Waals surface area contributed by atoms with Crippen LogP contribution in [0.2, 0.25) is 0 Å². The van der Waals surface area contributed by atoms with Crippen LogP contribution < -0.4 is 10.5 Å². The highest BCUT2D eigenvalue weighted by atomic mass is 16.6. The molecule has 0 radical (unpaired) electrons. The molecule has 18 heavy (non-hydrogen) atoms. The minimum Gasteiger partial charge on any atom is -0.457 e. The lowest BCUT2D eigenvalue weighted by Gasteiger charge is -2.42. The standard InChI is InChI=1S/C13H13NO4/c1-7-6-13(16)10(12(15)17-7)11(14)8-4-2-3-5-9(8)18-13/h2-6,10-11,16H,14H2,1H3. The van der Waals surface area contributed by atoms with Gasteiger partial charge in [0.15, 0.2) is 0 Å². The lowest BCUT2D eigenvalue weighted by Crippen LogP contribution is -2.55. The zero-order valence-corrected chi connectivity index (χ0v) is 9.79. The van der Waals surface area contributed by atoms with Gasteiger partial charge in [-0.05, 0) is 13.0 Å². The fraction of sp³-hybridized carbons (Fsp3) is 0.308. The fourth-order valence-electron chi connectivity index (χ4n) is 2.50. The van der Waals surface area contributed by atoms with Crippen LogP contribution in [0.25, 0.3) is 0 Å². The van der Waals surface area contributed by atoms with Crippen molar-refractivity contribution in [2.45, 2.75) is 18.8 Å². The molecule has 0 aliphatic carbocycles. The van der Waals surface area contributed by atoms with E-state index in [0.29, 0.717) is 17.1 Å². The normalized spacial score (nSPS) is 33.7. The van der Waals surface area contributed by atoms with Crippen molar-refractivity contribution < 1.29 is 19.4 Å². The van der Waals surface area contributed by atoms with Gasteiger partial charge in [0, 0.05) is 11.6 Å². The number of carbonyl (C=O) groups excluding carboxylic acids is 1. The summed E-state index contributed by atoms with van der Waals surface area (Å²) in [6.45, 7) is 1.58. The molecule has 3 unspecified atom stereocenters. The van der Waals surface area contributed by atoms with Crippen LogP contribution in [0.4, 0.5) is 0 Å². The SMILES string of the molecule is CC1=CC2(O)Oc3ccccc3C(N)C2C(=O)O1. The maximum absolute atomic E-state index is 11.9. The van der Waals surface area contributed by atoms with E-state index in [9.17, 15) is 9.90 Å². The van der Waals surface area contributed by atoms with Gasteiger partial charge in [0.1, 0.15) is 17.4 Å². The summed E-state index contributed by atoms with van der Waals surface area (Å²) in [5, 5.41) is 10.5. The number of hydrogen-bond donors (Lipinski definition) is 2. The summed E-state index contributed by atoms with van der Waals surface area (Å²) in [6.07, 6.45) is 1.38. The Balaban J connectivity index is 2.16. The van der Waals surface area contributed by atoms with Gasteiger partial charge >= 0.3 is 5.97 Å². The molecule has 3 rings (SSSR count). The van der Waals surface area contributed by atoms with Crippen LogP contribution >= 0.6 is 0 Å². The van der Waals surface area contributed by atoms with Gasteiger partial charge in [-0.1, -0.05) is 18.2 Å². The van der Waals surface area contributed by atoms with E-state index in [1.165, 1.54) is 6.08 Å². The molecule has 0 fully saturated rings. The van der Waals surface area contributed by atoms with Crippen LogP contribution in [0, 0.1) is 5.92 Å². The van der Waals surface area contributed by atoms with E-state index in [4.69, 9.17) is 15.2 Å². The second-order valence-electron chi connectivity index (χ2n) is 4.57. The van der Waals surface area contributed by atoms with Gasteiger partial charge in [-0.2, -0.15) is 0 Å².